The van der Waals surface area contributed by atoms with Crippen molar-refractivity contribution in [3.8, 4) is 0 Å². The topological polar surface area (TPSA) is 41.1 Å². The molecule has 3 rings (SSSR count). The van der Waals surface area contributed by atoms with Crippen molar-refractivity contribution in [2.24, 2.45) is 0 Å². The van der Waals surface area contributed by atoms with Gasteiger partial charge in [0.2, 0.25) is 0 Å². The molecule has 0 amide bonds. The quantitative estimate of drug-likeness (QED) is 0.905. The summed E-state index contributed by atoms with van der Waals surface area (Å²) in [6, 6.07) is 0. The summed E-state index contributed by atoms with van der Waals surface area (Å²) in [5, 5.41) is 3.98. The Bertz CT molecular complexity index is 413. The van der Waals surface area contributed by atoms with E-state index in [2.05, 4.69) is 27.1 Å². The number of rotatable bonds is 2. The highest BCUT2D eigenvalue weighted by Crippen LogP contribution is 2.46. The highest BCUT2D eigenvalue weighted by Gasteiger charge is 2.29. The first-order chi connectivity index (χ1) is 8.40. The lowest BCUT2D eigenvalue weighted by Gasteiger charge is -2.30. The van der Waals surface area contributed by atoms with Crippen LogP contribution in [0.2, 0.25) is 0 Å². The smallest absolute Gasteiger partial charge is 0.136 e. The number of thioether (sulfide) groups is 1. The fourth-order valence-electron chi connectivity index (χ4n) is 2.58. The van der Waals surface area contributed by atoms with Gasteiger partial charge in [0.15, 0.2) is 0 Å². The molecule has 0 radical (unpaired) electrons. The first-order valence-electron chi connectivity index (χ1n) is 6.31. The lowest BCUT2D eigenvalue weighted by Crippen LogP contribution is -2.44. The van der Waals surface area contributed by atoms with Crippen molar-refractivity contribution in [3.63, 3.8) is 0 Å². The molecule has 1 atom stereocenters. The number of anilines is 1. The summed E-state index contributed by atoms with van der Waals surface area (Å²) in [6.45, 7) is 6.49. The molecule has 2 aliphatic rings. The minimum atomic E-state index is 0. The van der Waals surface area contributed by atoms with Crippen molar-refractivity contribution >= 4 is 42.4 Å². The monoisotopic (exact) mass is 322 g/mol. The zero-order valence-electron chi connectivity index (χ0n) is 11.0. The number of piperazine rings is 1. The molecule has 0 aliphatic carbocycles. The Morgan fingerprint density at radius 3 is 2.74 bits per heavy atom. The molecule has 1 N–H and O–H groups in total. The molecule has 0 spiro atoms. The van der Waals surface area contributed by atoms with Gasteiger partial charge in [0.05, 0.1) is 5.69 Å². The molecule has 1 aromatic rings. The Morgan fingerprint density at radius 2 is 2.05 bits per heavy atom. The van der Waals surface area contributed by atoms with E-state index in [-0.39, 0.29) is 24.8 Å². The molecular weight excluding hydrogens is 303 g/mol. The van der Waals surface area contributed by atoms with Crippen LogP contribution in [0.3, 0.4) is 0 Å². The van der Waals surface area contributed by atoms with E-state index in [0.29, 0.717) is 5.25 Å². The van der Waals surface area contributed by atoms with E-state index < -0.39 is 0 Å². The summed E-state index contributed by atoms with van der Waals surface area (Å²) in [6.07, 6.45) is 2.90. The fraction of sp³-hybridized carbons (Fsp3) is 0.667. The molecule has 108 valence electrons. The SMILES string of the molecule is CCC1SCc2ncnc(N3CCNCC3)c21.Cl.Cl. The first-order valence-corrected chi connectivity index (χ1v) is 7.36. The van der Waals surface area contributed by atoms with Gasteiger partial charge in [-0.05, 0) is 6.42 Å². The Balaban J connectivity index is 0.000000902. The molecule has 1 unspecified atom stereocenters. The fourth-order valence-corrected chi connectivity index (χ4v) is 3.81. The van der Waals surface area contributed by atoms with E-state index in [1.807, 2.05) is 11.8 Å². The molecule has 3 heterocycles. The van der Waals surface area contributed by atoms with Crippen LogP contribution in [0, 0.1) is 0 Å². The number of fused-ring (bicyclic) bond motifs is 1. The molecule has 0 bridgehead atoms. The molecule has 7 heteroatoms. The van der Waals surface area contributed by atoms with Crippen LogP contribution >= 0.6 is 36.6 Å². The van der Waals surface area contributed by atoms with Gasteiger partial charge in [-0.25, -0.2) is 9.97 Å². The normalized spacial score (nSPS) is 21.3. The van der Waals surface area contributed by atoms with Crippen LogP contribution in [-0.2, 0) is 5.75 Å². The van der Waals surface area contributed by atoms with Crippen molar-refractivity contribution < 1.29 is 0 Å². The van der Waals surface area contributed by atoms with Crippen molar-refractivity contribution in [1.29, 1.82) is 0 Å². The van der Waals surface area contributed by atoms with E-state index in [4.69, 9.17) is 0 Å². The van der Waals surface area contributed by atoms with Crippen molar-refractivity contribution in [3.05, 3.63) is 17.6 Å². The van der Waals surface area contributed by atoms with Gasteiger partial charge in [0.1, 0.15) is 12.1 Å². The van der Waals surface area contributed by atoms with Gasteiger partial charge in [-0.3, -0.25) is 0 Å². The summed E-state index contributed by atoms with van der Waals surface area (Å²) in [4.78, 5) is 11.4. The standard InChI is InChI=1S/C12H18N4S.2ClH/c1-2-10-11-9(7-17-10)14-8-15-12(11)16-5-3-13-4-6-16;;/h8,10,13H,2-7H2,1H3;2*1H. The molecule has 1 fully saturated rings. The molecule has 0 aromatic carbocycles. The van der Waals surface area contributed by atoms with E-state index in [1.165, 1.54) is 23.5 Å². The molecule has 19 heavy (non-hydrogen) atoms. The average molecular weight is 323 g/mol. The number of aromatic nitrogens is 2. The number of hydrogen-bond donors (Lipinski definition) is 1. The second kappa shape index (κ2) is 7.53. The third kappa shape index (κ3) is 3.27. The predicted octanol–water partition coefficient (Wildman–Crippen LogP) is 2.43. The maximum atomic E-state index is 4.55. The zero-order valence-corrected chi connectivity index (χ0v) is 13.4. The Labute approximate surface area is 131 Å². The van der Waals surface area contributed by atoms with Gasteiger partial charge >= 0.3 is 0 Å². The van der Waals surface area contributed by atoms with Crippen molar-refractivity contribution in [2.45, 2.75) is 24.3 Å². The highest BCUT2D eigenvalue weighted by molar-refractivity contribution is 7.99. The lowest BCUT2D eigenvalue weighted by molar-refractivity contribution is 0.582. The minimum absolute atomic E-state index is 0. The van der Waals surface area contributed by atoms with Crippen molar-refractivity contribution in [1.82, 2.24) is 15.3 Å². The molecule has 1 aromatic heterocycles. The second-order valence-electron chi connectivity index (χ2n) is 4.50. The lowest BCUT2D eigenvalue weighted by atomic mass is 10.1. The summed E-state index contributed by atoms with van der Waals surface area (Å²) >= 11 is 2.00. The van der Waals surface area contributed by atoms with E-state index in [9.17, 15) is 0 Å². The van der Waals surface area contributed by atoms with Gasteiger partial charge in [-0.2, -0.15) is 0 Å². The number of halogens is 2. The molecule has 2 aliphatic heterocycles. The maximum Gasteiger partial charge on any atom is 0.136 e. The summed E-state index contributed by atoms with van der Waals surface area (Å²) in [7, 11) is 0. The van der Waals surface area contributed by atoms with E-state index in [1.54, 1.807) is 6.33 Å². The van der Waals surface area contributed by atoms with Crippen LogP contribution < -0.4 is 10.2 Å². The predicted molar refractivity (Wildman–Crippen MR) is 85.9 cm³/mol. The van der Waals surface area contributed by atoms with E-state index >= 15 is 0 Å². The maximum absolute atomic E-state index is 4.55. The van der Waals surface area contributed by atoms with Crippen LogP contribution in [0.1, 0.15) is 29.9 Å². The Morgan fingerprint density at radius 1 is 1.32 bits per heavy atom. The van der Waals surface area contributed by atoms with Gasteiger partial charge in [-0.15, -0.1) is 36.6 Å². The molecule has 1 saturated heterocycles. The highest BCUT2D eigenvalue weighted by atomic mass is 35.5. The van der Waals surface area contributed by atoms with Gasteiger partial charge in [0.25, 0.3) is 0 Å². The minimum Gasteiger partial charge on any atom is -0.354 e. The van der Waals surface area contributed by atoms with Crippen LogP contribution in [-0.4, -0.2) is 36.1 Å². The third-order valence-electron chi connectivity index (χ3n) is 3.48. The van der Waals surface area contributed by atoms with Gasteiger partial charge < -0.3 is 10.2 Å². The molecular formula is C12H20Cl2N4S. The van der Waals surface area contributed by atoms with Gasteiger partial charge in [0, 0.05) is 42.7 Å². The number of hydrogen-bond acceptors (Lipinski definition) is 5. The summed E-state index contributed by atoms with van der Waals surface area (Å²) in [5.41, 5.74) is 2.66. The Hall–Kier alpha value is -0.230. The summed E-state index contributed by atoms with van der Waals surface area (Å²) < 4.78 is 0. The zero-order chi connectivity index (χ0) is 11.7. The first kappa shape index (κ1) is 16.8. The molecule has 4 nitrogen and oxygen atoms in total. The third-order valence-corrected chi connectivity index (χ3v) is 4.89. The average Bonchev–Trinajstić information content (AvgIpc) is 2.82. The van der Waals surface area contributed by atoms with E-state index in [0.717, 1.165) is 31.9 Å². The Kier molecular flexibility index (Phi) is 6.66. The largest absolute Gasteiger partial charge is 0.354 e. The van der Waals surface area contributed by atoms with Gasteiger partial charge in [-0.1, -0.05) is 6.92 Å². The van der Waals surface area contributed by atoms with Crippen LogP contribution in [0.25, 0.3) is 0 Å². The van der Waals surface area contributed by atoms with Crippen LogP contribution in [0.5, 0.6) is 0 Å². The number of nitrogens with zero attached hydrogens (tertiary/aromatic N) is 3. The summed E-state index contributed by atoms with van der Waals surface area (Å²) in [5.74, 6) is 2.24. The van der Waals surface area contributed by atoms with Crippen LogP contribution in [0.15, 0.2) is 6.33 Å². The molecule has 0 saturated carbocycles. The second-order valence-corrected chi connectivity index (χ2v) is 5.69. The van der Waals surface area contributed by atoms with Crippen LogP contribution in [0.4, 0.5) is 5.82 Å². The van der Waals surface area contributed by atoms with Crippen molar-refractivity contribution in [2.75, 3.05) is 31.1 Å². The number of nitrogens with one attached hydrogen (secondary N) is 1.